The van der Waals surface area contributed by atoms with Crippen molar-refractivity contribution in [3.63, 3.8) is 0 Å². The normalized spacial score (nSPS) is 11.5. The molecule has 0 aromatic carbocycles. The van der Waals surface area contributed by atoms with Crippen LogP contribution in [-0.2, 0) is 6.42 Å². The maximum Gasteiger partial charge on any atom is 0.252 e. The van der Waals surface area contributed by atoms with E-state index in [-0.39, 0.29) is 5.41 Å². The Labute approximate surface area is 89.4 Å². The second-order valence-electron chi connectivity index (χ2n) is 4.43. The van der Waals surface area contributed by atoms with Gasteiger partial charge in [0.25, 0.3) is 5.88 Å². The van der Waals surface area contributed by atoms with Crippen molar-refractivity contribution < 1.29 is 4.74 Å². The summed E-state index contributed by atoms with van der Waals surface area (Å²) in [6.07, 6.45) is 0.851. The number of ether oxygens (including phenoxy) is 1. The molecule has 1 rings (SSSR count). The predicted octanol–water partition coefficient (Wildman–Crippen LogP) is 2.73. The highest BCUT2D eigenvalue weighted by molar-refractivity contribution is 6.31. The molecule has 0 spiro atoms. The van der Waals surface area contributed by atoms with Crippen LogP contribution in [0.25, 0.3) is 0 Å². The average Bonchev–Trinajstić information content (AvgIpc) is 2.01. The summed E-state index contributed by atoms with van der Waals surface area (Å²) in [4.78, 5) is 0. The van der Waals surface area contributed by atoms with E-state index in [0.29, 0.717) is 10.9 Å². The van der Waals surface area contributed by atoms with E-state index in [1.165, 1.54) is 7.11 Å². The van der Waals surface area contributed by atoms with Crippen LogP contribution < -0.4 is 4.74 Å². The first-order valence-electron chi connectivity index (χ1n) is 4.48. The fourth-order valence-electron chi connectivity index (χ4n) is 1.16. The third kappa shape index (κ3) is 3.14. The fraction of sp³-hybridized carbons (Fsp3) is 0.600. The minimum absolute atomic E-state index is 0.187. The number of halogens is 1. The summed E-state index contributed by atoms with van der Waals surface area (Å²) in [6.45, 7) is 6.44. The Balaban J connectivity index is 2.87. The second kappa shape index (κ2) is 4.13. The topological polar surface area (TPSA) is 35.0 Å². The summed E-state index contributed by atoms with van der Waals surface area (Å²) in [5.41, 5.74) is 1.08. The van der Waals surface area contributed by atoms with Gasteiger partial charge >= 0.3 is 0 Å². The molecule has 1 heterocycles. The lowest BCUT2D eigenvalue weighted by molar-refractivity contribution is 0.382. The van der Waals surface area contributed by atoms with Crippen LogP contribution in [0.15, 0.2) is 6.07 Å². The van der Waals surface area contributed by atoms with Crippen LogP contribution in [0.5, 0.6) is 5.88 Å². The summed E-state index contributed by atoms with van der Waals surface area (Å²) in [7, 11) is 1.53. The zero-order chi connectivity index (χ0) is 10.8. The van der Waals surface area contributed by atoms with E-state index in [0.717, 1.165) is 12.1 Å². The molecule has 0 saturated carbocycles. The van der Waals surface area contributed by atoms with Gasteiger partial charge in [-0.1, -0.05) is 32.4 Å². The molecule has 4 heteroatoms. The first kappa shape index (κ1) is 11.2. The Kier molecular flexibility index (Phi) is 3.32. The first-order chi connectivity index (χ1) is 6.42. The van der Waals surface area contributed by atoms with Gasteiger partial charge in [0.05, 0.1) is 12.8 Å². The van der Waals surface area contributed by atoms with Crippen molar-refractivity contribution in [1.29, 1.82) is 0 Å². The number of hydrogen-bond acceptors (Lipinski definition) is 3. The van der Waals surface area contributed by atoms with Gasteiger partial charge in [-0.25, -0.2) is 0 Å². The SMILES string of the molecule is COc1nnc(CC(C)(C)C)cc1Cl. The summed E-state index contributed by atoms with van der Waals surface area (Å²) >= 11 is 5.93. The minimum Gasteiger partial charge on any atom is -0.479 e. The summed E-state index contributed by atoms with van der Waals surface area (Å²) in [6, 6.07) is 1.80. The van der Waals surface area contributed by atoms with E-state index in [1.807, 2.05) is 0 Å². The van der Waals surface area contributed by atoms with Crippen molar-refractivity contribution in [2.75, 3.05) is 7.11 Å². The third-order valence-corrected chi connectivity index (χ3v) is 1.94. The highest BCUT2D eigenvalue weighted by atomic mass is 35.5. The van der Waals surface area contributed by atoms with Crippen LogP contribution in [0.1, 0.15) is 26.5 Å². The molecule has 0 N–H and O–H groups in total. The molecule has 0 radical (unpaired) electrons. The zero-order valence-corrected chi connectivity index (χ0v) is 9.72. The lowest BCUT2D eigenvalue weighted by atomic mass is 9.90. The number of aromatic nitrogens is 2. The van der Waals surface area contributed by atoms with Gasteiger partial charge < -0.3 is 4.74 Å². The highest BCUT2D eigenvalue weighted by Crippen LogP contribution is 2.24. The van der Waals surface area contributed by atoms with E-state index < -0.39 is 0 Å². The molecule has 0 aliphatic rings. The van der Waals surface area contributed by atoms with Gasteiger partial charge in [-0.2, -0.15) is 5.10 Å². The van der Waals surface area contributed by atoms with Crippen LogP contribution >= 0.6 is 11.6 Å². The van der Waals surface area contributed by atoms with Crippen molar-refractivity contribution in [2.45, 2.75) is 27.2 Å². The Morgan fingerprint density at radius 1 is 1.36 bits per heavy atom. The Hall–Kier alpha value is -0.830. The first-order valence-corrected chi connectivity index (χ1v) is 4.86. The lowest BCUT2D eigenvalue weighted by Gasteiger charge is -2.17. The molecule has 0 aliphatic heterocycles. The molecule has 0 bridgehead atoms. The van der Waals surface area contributed by atoms with E-state index in [9.17, 15) is 0 Å². The average molecular weight is 215 g/mol. The molecule has 3 nitrogen and oxygen atoms in total. The van der Waals surface area contributed by atoms with Crippen molar-refractivity contribution in [3.05, 3.63) is 16.8 Å². The van der Waals surface area contributed by atoms with Gasteiger partial charge in [-0.3, -0.25) is 0 Å². The van der Waals surface area contributed by atoms with Crippen molar-refractivity contribution in [2.24, 2.45) is 5.41 Å². The summed E-state index contributed by atoms with van der Waals surface area (Å²) in [5.74, 6) is 0.379. The second-order valence-corrected chi connectivity index (χ2v) is 4.84. The van der Waals surface area contributed by atoms with E-state index in [1.54, 1.807) is 6.07 Å². The Bertz CT molecular complexity index is 320. The van der Waals surface area contributed by atoms with Crippen LogP contribution in [0.4, 0.5) is 0 Å². The standard InChI is InChI=1S/C10H15ClN2O/c1-10(2,3)6-7-5-8(11)9(14-4)13-12-7/h5H,6H2,1-4H3. The number of nitrogens with zero attached hydrogens (tertiary/aromatic N) is 2. The zero-order valence-electron chi connectivity index (χ0n) is 8.97. The molecule has 1 aromatic rings. The van der Waals surface area contributed by atoms with Crippen LogP contribution in [0, 0.1) is 5.41 Å². The van der Waals surface area contributed by atoms with Gasteiger partial charge in [-0.15, -0.1) is 5.10 Å². The highest BCUT2D eigenvalue weighted by Gasteiger charge is 2.14. The van der Waals surface area contributed by atoms with Crippen molar-refractivity contribution in [1.82, 2.24) is 10.2 Å². The van der Waals surface area contributed by atoms with E-state index in [4.69, 9.17) is 16.3 Å². The van der Waals surface area contributed by atoms with Crippen LogP contribution in [0.3, 0.4) is 0 Å². The Morgan fingerprint density at radius 2 is 2.00 bits per heavy atom. The van der Waals surface area contributed by atoms with E-state index >= 15 is 0 Å². The van der Waals surface area contributed by atoms with Gasteiger partial charge in [0, 0.05) is 0 Å². The lowest BCUT2D eigenvalue weighted by Crippen LogP contribution is -2.11. The summed E-state index contributed by atoms with van der Waals surface area (Å²) in [5, 5.41) is 8.43. The fourth-order valence-corrected chi connectivity index (χ4v) is 1.40. The van der Waals surface area contributed by atoms with E-state index in [2.05, 4.69) is 31.0 Å². The number of hydrogen-bond donors (Lipinski definition) is 0. The molecule has 0 fully saturated rings. The molecule has 78 valence electrons. The number of methoxy groups -OCH3 is 1. The van der Waals surface area contributed by atoms with Gasteiger partial charge in [0.2, 0.25) is 0 Å². The quantitative estimate of drug-likeness (QED) is 0.760. The molecule has 0 unspecified atom stereocenters. The molecular formula is C10H15ClN2O. The van der Waals surface area contributed by atoms with Crippen molar-refractivity contribution >= 4 is 11.6 Å². The molecule has 0 saturated heterocycles. The van der Waals surface area contributed by atoms with Gasteiger partial charge in [0.1, 0.15) is 5.02 Å². The molecule has 0 atom stereocenters. The maximum absolute atomic E-state index is 5.93. The van der Waals surface area contributed by atoms with Crippen LogP contribution in [0.2, 0.25) is 5.02 Å². The summed E-state index contributed by atoms with van der Waals surface area (Å²) < 4.78 is 4.92. The number of rotatable bonds is 2. The monoisotopic (exact) mass is 214 g/mol. The smallest absolute Gasteiger partial charge is 0.252 e. The molecule has 1 aromatic heterocycles. The minimum atomic E-state index is 0.187. The predicted molar refractivity (Wildman–Crippen MR) is 56.8 cm³/mol. The van der Waals surface area contributed by atoms with Gasteiger partial charge in [-0.05, 0) is 17.9 Å². The molecule has 0 amide bonds. The maximum atomic E-state index is 5.93. The largest absolute Gasteiger partial charge is 0.479 e. The van der Waals surface area contributed by atoms with Gasteiger partial charge in [0.15, 0.2) is 0 Å². The van der Waals surface area contributed by atoms with Crippen molar-refractivity contribution in [3.8, 4) is 5.88 Å². The molecule has 14 heavy (non-hydrogen) atoms. The van der Waals surface area contributed by atoms with Crippen LogP contribution in [-0.4, -0.2) is 17.3 Å². The molecule has 0 aliphatic carbocycles. The Morgan fingerprint density at radius 3 is 2.43 bits per heavy atom. The third-order valence-electron chi connectivity index (χ3n) is 1.67. The molecular weight excluding hydrogens is 200 g/mol.